The molecule has 1 rings (SSSR count). The average Bonchev–Trinajstić information content (AvgIpc) is 2.08. The average molecular weight is 181 g/mol. The van der Waals surface area contributed by atoms with Gasteiger partial charge in [-0.25, -0.2) is 0 Å². The van der Waals surface area contributed by atoms with Gasteiger partial charge in [-0.15, -0.1) is 6.58 Å². The Bertz CT molecular complexity index is 172. The van der Waals surface area contributed by atoms with Crippen LogP contribution in [0.5, 0.6) is 0 Å². The van der Waals surface area contributed by atoms with E-state index in [2.05, 4.69) is 32.7 Å². The molecule has 13 heavy (non-hydrogen) atoms. The molecule has 0 aromatic carbocycles. The van der Waals surface area contributed by atoms with E-state index in [1.165, 1.54) is 25.7 Å². The first-order valence-corrected chi connectivity index (χ1v) is 5.45. The van der Waals surface area contributed by atoms with Gasteiger partial charge in [0.15, 0.2) is 0 Å². The molecule has 1 fully saturated rings. The SMILES string of the molecule is C=CC(C)NC1CCCCC1(C)C. The third-order valence-electron chi connectivity index (χ3n) is 3.32. The summed E-state index contributed by atoms with van der Waals surface area (Å²) < 4.78 is 0. The van der Waals surface area contributed by atoms with E-state index in [-0.39, 0.29) is 0 Å². The second kappa shape index (κ2) is 4.28. The third-order valence-corrected chi connectivity index (χ3v) is 3.32. The molecule has 2 atom stereocenters. The third kappa shape index (κ3) is 2.84. The van der Waals surface area contributed by atoms with Crippen molar-refractivity contribution >= 4 is 0 Å². The fourth-order valence-corrected chi connectivity index (χ4v) is 2.19. The van der Waals surface area contributed by atoms with Gasteiger partial charge in [0.25, 0.3) is 0 Å². The zero-order valence-electron chi connectivity index (χ0n) is 9.27. The van der Waals surface area contributed by atoms with Crippen molar-refractivity contribution in [1.82, 2.24) is 5.32 Å². The van der Waals surface area contributed by atoms with E-state index in [4.69, 9.17) is 0 Å². The van der Waals surface area contributed by atoms with Gasteiger partial charge in [-0.05, 0) is 25.2 Å². The molecule has 0 bridgehead atoms. The van der Waals surface area contributed by atoms with Crippen LogP contribution < -0.4 is 5.32 Å². The molecular weight excluding hydrogens is 158 g/mol. The van der Waals surface area contributed by atoms with Crippen molar-refractivity contribution in [2.45, 2.75) is 58.5 Å². The highest BCUT2D eigenvalue weighted by Crippen LogP contribution is 2.35. The number of hydrogen-bond acceptors (Lipinski definition) is 1. The van der Waals surface area contributed by atoms with Crippen LogP contribution in [0.15, 0.2) is 12.7 Å². The van der Waals surface area contributed by atoms with Crippen LogP contribution in [0.25, 0.3) is 0 Å². The van der Waals surface area contributed by atoms with E-state index in [1.54, 1.807) is 0 Å². The summed E-state index contributed by atoms with van der Waals surface area (Å²) in [6, 6.07) is 1.12. The number of nitrogens with one attached hydrogen (secondary N) is 1. The second-order valence-electron chi connectivity index (χ2n) is 4.98. The molecule has 0 aromatic heterocycles. The Kier molecular flexibility index (Phi) is 3.55. The Morgan fingerprint density at radius 3 is 2.69 bits per heavy atom. The van der Waals surface area contributed by atoms with Crippen molar-refractivity contribution < 1.29 is 0 Å². The Morgan fingerprint density at radius 1 is 1.46 bits per heavy atom. The monoisotopic (exact) mass is 181 g/mol. The zero-order chi connectivity index (χ0) is 9.90. The topological polar surface area (TPSA) is 12.0 Å². The van der Waals surface area contributed by atoms with E-state index in [1.807, 2.05) is 6.08 Å². The molecule has 0 heterocycles. The van der Waals surface area contributed by atoms with Crippen LogP contribution >= 0.6 is 0 Å². The van der Waals surface area contributed by atoms with Gasteiger partial charge >= 0.3 is 0 Å². The highest BCUT2D eigenvalue weighted by molar-refractivity contribution is 4.92. The van der Waals surface area contributed by atoms with Crippen LogP contribution in [0.2, 0.25) is 0 Å². The highest BCUT2D eigenvalue weighted by Gasteiger charge is 2.32. The maximum Gasteiger partial charge on any atom is 0.0221 e. The van der Waals surface area contributed by atoms with Gasteiger partial charge in [-0.1, -0.05) is 32.8 Å². The highest BCUT2D eigenvalue weighted by atomic mass is 15.0. The Morgan fingerprint density at radius 2 is 2.15 bits per heavy atom. The Hall–Kier alpha value is -0.300. The normalized spacial score (nSPS) is 29.6. The Balaban J connectivity index is 2.50. The van der Waals surface area contributed by atoms with Gasteiger partial charge < -0.3 is 5.32 Å². The van der Waals surface area contributed by atoms with E-state index in [0.29, 0.717) is 17.5 Å². The summed E-state index contributed by atoms with van der Waals surface area (Å²) in [6.45, 7) is 10.7. The van der Waals surface area contributed by atoms with Crippen LogP contribution in [0.3, 0.4) is 0 Å². The summed E-state index contributed by atoms with van der Waals surface area (Å²) in [5.41, 5.74) is 0.468. The van der Waals surface area contributed by atoms with Gasteiger partial charge in [0.05, 0.1) is 0 Å². The second-order valence-corrected chi connectivity index (χ2v) is 4.98. The first-order chi connectivity index (χ1) is 6.06. The molecule has 1 heteroatoms. The predicted octanol–water partition coefficient (Wildman–Crippen LogP) is 3.12. The fraction of sp³-hybridized carbons (Fsp3) is 0.833. The molecule has 0 amide bonds. The summed E-state index contributed by atoms with van der Waals surface area (Å²) in [6.07, 6.45) is 7.45. The van der Waals surface area contributed by atoms with Gasteiger partial charge in [0, 0.05) is 12.1 Å². The molecule has 0 spiro atoms. The molecule has 0 aromatic rings. The van der Waals surface area contributed by atoms with E-state index in [9.17, 15) is 0 Å². The first-order valence-electron chi connectivity index (χ1n) is 5.45. The molecule has 1 N–H and O–H groups in total. The molecule has 1 aliphatic rings. The lowest BCUT2D eigenvalue weighted by molar-refractivity contribution is 0.163. The smallest absolute Gasteiger partial charge is 0.0221 e. The number of rotatable bonds is 3. The lowest BCUT2D eigenvalue weighted by atomic mass is 9.73. The van der Waals surface area contributed by atoms with Crippen LogP contribution in [-0.4, -0.2) is 12.1 Å². The Labute approximate surface area is 82.6 Å². The lowest BCUT2D eigenvalue weighted by Gasteiger charge is -2.40. The summed E-state index contributed by atoms with van der Waals surface area (Å²) in [4.78, 5) is 0. The van der Waals surface area contributed by atoms with Gasteiger partial charge in [-0.3, -0.25) is 0 Å². The summed E-state index contributed by atoms with van der Waals surface area (Å²) in [5.74, 6) is 0. The standard InChI is InChI=1S/C12H23N/c1-5-10(2)13-11-8-6-7-9-12(11,3)4/h5,10-11,13H,1,6-9H2,2-4H3. The van der Waals surface area contributed by atoms with E-state index in [0.717, 1.165) is 0 Å². The minimum absolute atomic E-state index is 0.447. The predicted molar refractivity (Wildman–Crippen MR) is 58.8 cm³/mol. The van der Waals surface area contributed by atoms with Gasteiger partial charge in [0.2, 0.25) is 0 Å². The van der Waals surface area contributed by atoms with Crippen molar-refractivity contribution in [1.29, 1.82) is 0 Å². The maximum absolute atomic E-state index is 3.81. The van der Waals surface area contributed by atoms with Crippen molar-refractivity contribution in [3.63, 3.8) is 0 Å². The van der Waals surface area contributed by atoms with Crippen molar-refractivity contribution in [2.24, 2.45) is 5.41 Å². The maximum atomic E-state index is 3.81. The van der Waals surface area contributed by atoms with Crippen molar-refractivity contribution in [3.05, 3.63) is 12.7 Å². The molecule has 2 unspecified atom stereocenters. The van der Waals surface area contributed by atoms with Crippen molar-refractivity contribution in [2.75, 3.05) is 0 Å². The zero-order valence-corrected chi connectivity index (χ0v) is 9.27. The van der Waals surface area contributed by atoms with Crippen LogP contribution in [0.4, 0.5) is 0 Å². The van der Waals surface area contributed by atoms with Crippen molar-refractivity contribution in [3.8, 4) is 0 Å². The molecule has 1 nitrogen and oxygen atoms in total. The minimum atomic E-state index is 0.447. The molecule has 0 radical (unpaired) electrons. The largest absolute Gasteiger partial charge is 0.308 e. The quantitative estimate of drug-likeness (QED) is 0.660. The van der Waals surface area contributed by atoms with E-state index >= 15 is 0 Å². The number of hydrogen-bond donors (Lipinski definition) is 1. The summed E-state index contributed by atoms with van der Waals surface area (Å²) in [5, 5.41) is 3.64. The molecule has 76 valence electrons. The van der Waals surface area contributed by atoms with Gasteiger partial charge in [-0.2, -0.15) is 0 Å². The minimum Gasteiger partial charge on any atom is -0.308 e. The molecule has 1 saturated carbocycles. The van der Waals surface area contributed by atoms with Crippen LogP contribution in [0.1, 0.15) is 46.5 Å². The van der Waals surface area contributed by atoms with Gasteiger partial charge in [0.1, 0.15) is 0 Å². The molecule has 0 saturated heterocycles. The fourth-order valence-electron chi connectivity index (χ4n) is 2.19. The first kappa shape index (κ1) is 10.8. The lowest BCUT2D eigenvalue weighted by Crippen LogP contribution is -2.47. The molecule has 0 aliphatic heterocycles. The van der Waals surface area contributed by atoms with Crippen LogP contribution in [-0.2, 0) is 0 Å². The summed E-state index contributed by atoms with van der Waals surface area (Å²) in [7, 11) is 0. The van der Waals surface area contributed by atoms with E-state index < -0.39 is 0 Å². The van der Waals surface area contributed by atoms with Crippen LogP contribution in [0, 0.1) is 5.41 Å². The molecule has 1 aliphatic carbocycles. The summed E-state index contributed by atoms with van der Waals surface area (Å²) >= 11 is 0. The molecular formula is C12H23N.